The smallest absolute Gasteiger partial charge is 0.420 e. The molecule has 1 fully saturated rings. The van der Waals surface area contributed by atoms with Crippen LogP contribution in [0.4, 0.5) is 13.2 Å². The van der Waals surface area contributed by atoms with E-state index in [2.05, 4.69) is 5.32 Å². The second kappa shape index (κ2) is 5.16. The molecule has 0 amide bonds. The van der Waals surface area contributed by atoms with Crippen molar-refractivity contribution in [2.75, 3.05) is 20.8 Å². The van der Waals surface area contributed by atoms with Crippen molar-refractivity contribution in [3.8, 4) is 11.5 Å². The van der Waals surface area contributed by atoms with E-state index in [4.69, 9.17) is 9.47 Å². The topological polar surface area (TPSA) is 30.5 Å². The van der Waals surface area contributed by atoms with Crippen LogP contribution in [-0.4, -0.2) is 20.8 Å². The van der Waals surface area contributed by atoms with Crippen LogP contribution in [0.1, 0.15) is 30.9 Å². The fourth-order valence-corrected chi connectivity index (χ4v) is 2.69. The maximum absolute atomic E-state index is 13.2. The standard InChI is InChI=1S/C14H18F3NO2/c1-13(5-4-6-18-13)10-7-9(19-2)8-11(12(10)20-3)14(15,16)17/h7-8,18H,4-6H2,1-3H3. The third-order valence-electron chi connectivity index (χ3n) is 3.77. The van der Waals surface area contributed by atoms with Gasteiger partial charge in [0.05, 0.1) is 14.2 Å². The summed E-state index contributed by atoms with van der Waals surface area (Å²) in [6.45, 7) is 2.66. The molecule has 1 N–H and O–H groups in total. The van der Waals surface area contributed by atoms with Gasteiger partial charge in [0, 0.05) is 11.1 Å². The van der Waals surface area contributed by atoms with Gasteiger partial charge in [-0.1, -0.05) is 0 Å². The van der Waals surface area contributed by atoms with Gasteiger partial charge in [0.15, 0.2) is 0 Å². The number of alkyl halides is 3. The van der Waals surface area contributed by atoms with Crippen molar-refractivity contribution in [2.45, 2.75) is 31.5 Å². The van der Waals surface area contributed by atoms with Gasteiger partial charge in [-0.15, -0.1) is 0 Å². The SMILES string of the molecule is COc1cc(C(F)(F)F)c(OC)c(C2(C)CCCN2)c1. The zero-order valence-corrected chi connectivity index (χ0v) is 11.7. The molecule has 1 aliphatic heterocycles. The molecule has 112 valence electrons. The average Bonchev–Trinajstić information content (AvgIpc) is 2.84. The van der Waals surface area contributed by atoms with Crippen molar-refractivity contribution in [2.24, 2.45) is 0 Å². The molecule has 1 heterocycles. The van der Waals surface area contributed by atoms with Gasteiger partial charge in [0.2, 0.25) is 0 Å². The summed E-state index contributed by atoms with van der Waals surface area (Å²) in [5.74, 6) is 0.0539. The summed E-state index contributed by atoms with van der Waals surface area (Å²) in [5.41, 5.74) is -0.840. The molecule has 1 saturated heterocycles. The number of methoxy groups -OCH3 is 2. The van der Waals surface area contributed by atoms with Gasteiger partial charge in [-0.25, -0.2) is 0 Å². The molecule has 1 aliphatic rings. The molecular formula is C14H18F3NO2. The third kappa shape index (κ3) is 2.57. The lowest BCUT2D eigenvalue weighted by Gasteiger charge is -2.29. The molecule has 1 unspecified atom stereocenters. The minimum atomic E-state index is -4.48. The van der Waals surface area contributed by atoms with Crippen LogP contribution in [0.3, 0.4) is 0 Å². The Morgan fingerprint density at radius 3 is 2.35 bits per heavy atom. The Morgan fingerprint density at radius 2 is 1.90 bits per heavy atom. The molecule has 0 saturated carbocycles. The first-order chi connectivity index (χ1) is 9.31. The zero-order chi connectivity index (χ0) is 15.0. The molecule has 0 radical (unpaired) electrons. The molecule has 1 aromatic rings. The van der Waals surface area contributed by atoms with E-state index in [0.29, 0.717) is 5.56 Å². The molecule has 0 bridgehead atoms. The number of benzene rings is 1. The summed E-state index contributed by atoms with van der Waals surface area (Å²) >= 11 is 0. The molecule has 0 aliphatic carbocycles. The summed E-state index contributed by atoms with van der Waals surface area (Å²) < 4.78 is 49.6. The summed E-state index contributed by atoms with van der Waals surface area (Å²) in [7, 11) is 2.62. The van der Waals surface area contributed by atoms with E-state index >= 15 is 0 Å². The van der Waals surface area contributed by atoms with Crippen LogP contribution in [0, 0.1) is 0 Å². The first-order valence-corrected chi connectivity index (χ1v) is 6.40. The Bertz CT molecular complexity index is 494. The summed E-state index contributed by atoms with van der Waals surface area (Å²) in [5, 5.41) is 3.25. The van der Waals surface area contributed by atoms with E-state index in [1.807, 2.05) is 6.92 Å². The maximum atomic E-state index is 13.2. The lowest BCUT2D eigenvalue weighted by molar-refractivity contribution is -0.139. The number of ether oxygens (including phenoxy) is 2. The minimum Gasteiger partial charge on any atom is -0.497 e. The van der Waals surface area contributed by atoms with Crippen LogP contribution in [0.5, 0.6) is 11.5 Å². The number of hydrogen-bond donors (Lipinski definition) is 1. The summed E-state index contributed by atoms with van der Waals surface area (Å²) in [6, 6.07) is 2.59. The van der Waals surface area contributed by atoms with Gasteiger partial charge in [0.25, 0.3) is 0 Å². The molecule has 2 rings (SSSR count). The highest BCUT2D eigenvalue weighted by Crippen LogP contribution is 2.45. The predicted molar refractivity (Wildman–Crippen MR) is 69.1 cm³/mol. The monoisotopic (exact) mass is 289 g/mol. The van der Waals surface area contributed by atoms with Crippen molar-refractivity contribution in [3.63, 3.8) is 0 Å². The van der Waals surface area contributed by atoms with E-state index in [1.54, 1.807) is 6.07 Å². The fourth-order valence-electron chi connectivity index (χ4n) is 2.69. The van der Waals surface area contributed by atoms with Crippen molar-refractivity contribution in [1.82, 2.24) is 5.32 Å². The van der Waals surface area contributed by atoms with Gasteiger partial charge in [-0.05, 0) is 38.4 Å². The Balaban J connectivity index is 2.66. The molecule has 0 spiro atoms. The average molecular weight is 289 g/mol. The Labute approximate surface area is 116 Å². The number of halogens is 3. The van der Waals surface area contributed by atoms with E-state index in [-0.39, 0.29) is 11.5 Å². The first kappa shape index (κ1) is 15.0. The lowest BCUT2D eigenvalue weighted by Crippen LogP contribution is -2.34. The van der Waals surface area contributed by atoms with Crippen molar-refractivity contribution in [3.05, 3.63) is 23.3 Å². The molecule has 6 heteroatoms. The number of nitrogens with one attached hydrogen (secondary N) is 1. The van der Waals surface area contributed by atoms with E-state index in [9.17, 15) is 13.2 Å². The predicted octanol–water partition coefficient (Wildman–Crippen LogP) is 3.32. The van der Waals surface area contributed by atoms with Gasteiger partial charge in [0.1, 0.15) is 17.1 Å². The largest absolute Gasteiger partial charge is 0.497 e. The molecular weight excluding hydrogens is 271 g/mol. The Hall–Kier alpha value is -1.43. The van der Waals surface area contributed by atoms with Gasteiger partial charge < -0.3 is 14.8 Å². The molecule has 0 aromatic heterocycles. The van der Waals surface area contributed by atoms with E-state index in [1.165, 1.54) is 14.2 Å². The molecule has 1 atom stereocenters. The van der Waals surface area contributed by atoms with Crippen molar-refractivity contribution in [1.29, 1.82) is 0 Å². The first-order valence-electron chi connectivity index (χ1n) is 6.40. The Morgan fingerprint density at radius 1 is 1.20 bits per heavy atom. The van der Waals surface area contributed by atoms with Crippen LogP contribution in [0.25, 0.3) is 0 Å². The zero-order valence-electron chi connectivity index (χ0n) is 11.7. The minimum absolute atomic E-state index is 0.129. The molecule has 1 aromatic carbocycles. The lowest BCUT2D eigenvalue weighted by atomic mass is 9.88. The highest BCUT2D eigenvalue weighted by atomic mass is 19.4. The second-order valence-electron chi connectivity index (χ2n) is 5.12. The maximum Gasteiger partial charge on any atom is 0.420 e. The van der Waals surface area contributed by atoms with Gasteiger partial charge in [-0.3, -0.25) is 0 Å². The highest BCUT2D eigenvalue weighted by Gasteiger charge is 2.40. The van der Waals surface area contributed by atoms with Crippen LogP contribution >= 0.6 is 0 Å². The number of rotatable bonds is 3. The van der Waals surface area contributed by atoms with Crippen molar-refractivity contribution < 1.29 is 22.6 Å². The van der Waals surface area contributed by atoms with Crippen molar-refractivity contribution >= 4 is 0 Å². The van der Waals surface area contributed by atoms with Crippen LogP contribution in [0.2, 0.25) is 0 Å². The molecule has 20 heavy (non-hydrogen) atoms. The van der Waals surface area contributed by atoms with Crippen LogP contribution < -0.4 is 14.8 Å². The third-order valence-corrected chi connectivity index (χ3v) is 3.77. The van der Waals surface area contributed by atoms with Gasteiger partial charge in [-0.2, -0.15) is 13.2 Å². The van der Waals surface area contributed by atoms with E-state index in [0.717, 1.165) is 25.5 Å². The quantitative estimate of drug-likeness (QED) is 0.926. The number of hydrogen-bond acceptors (Lipinski definition) is 3. The second-order valence-corrected chi connectivity index (χ2v) is 5.12. The molecule has 3 nitrogen and oxygen atoms in total. The van der Waals surface area contributed by atoms with Crippen LogP contribution in [0.15, 0.2) is 12.1 Å². The van der Waals surface area contributed by atoms with Crippen LogP contribution in [-0.2, 0) is 11.7 Å². The summed E-state index contributed by atoms with van der Waals surface area (Å²) in [4.78, 5) is 0. The summed E-state index contributed by atoms with van der Waals surface area (Å²) in [6.07, 6.45) is -2.81. The highest BCUT2D eigenvalue weighted by molar-refractivity contribution is 5.52. The Kier molecular flexibility index (Phi) is 3.86. The van der Waals surface area contributed by atoms with Gasteiger partial charge >= 0.3 is 6.18 Å². The fraction of sp³-hybridized carbons (Fsp3) is 0.571. The van der Waals surface area contributed by atoms with E-state index < -0.39 is 17.3 Å². The normalized spacial score (nSPS) is 22.9.